The van der Waals surface area contributed by atoms with Gasteiger partial charge in [0.15, 0.2) is 0 Å². The van der Waals surface area contributed by atoms with Crippen LogP contribution >= 0.6 is 0 Å². The Hall–Kier alpha value is -4.66. The summed E-state index contributed by atoms with van der Waals surface area (Å²) in [7, 11) is 0. The molecule has 258 valence electrons. The van der Waals surface area contributed by atoms with Crippen molar-refractivity contribution in [2.24, 2.45) is 0 Å². The van der Waals surface area contributed by atoms with Gasteiger partial charge in [-0.15, -0.1) is 0 Å². The molecule has 3 amide bonds. The molecule has 0 fully saturated rings. The summed E-state index contributed by atoms with van der Waals surface area (Å²) in [6.07, 6.45) is -0.391. The molecule has 0 aliphatic heterocycles. The number of alkyl carbamates (subject to hydrolysis) is 1. The van der Waals surface area contributed by atoms with Gasteiger partial charge in [0.25, 0.3) is 0 Å². The molecule has 3 aromatic rings. The number of aryl methyl sites for hydroxylation is 1. The van der Waals surface area contributed by atoms with Gasteiger partial charge in [-0.2, -0.15) is 0 Å². The Morgan fingerprint density at radius 2 is 1.21 bits per heavy atom. The number of hydrogen-bond acceptors (Lipinski definition) is 6. The fourth-order valence-corrected chi connectivity index (χ4v) is 5.30. The van der Waals surface area contributed by atoms with Gasteiger partial charge < -0.3 is 25.0 Å². The van der Waals surface area contributed by atoms with Gasteiger partial charge >= 0.3 is 12.1 Å². The summed E-state index contributed by atoms with van der Waals surface area (Å²) >= 11 is 0. The third kappa shape index (κ3) is 11.9. The lowest BCUT2D eigenvalue weighted by Gasteiger charge is -2.38. The number of hydrogen-bond donors (Lipinski definition) is 2. The summed E-state index contributed by atoms with van der Waals surface area (Å²) < 4.78 is 11.3. The van der Waals surface area contributed by atoms with E-state index in [2.05, 4.69) is 10.6 Å². The molecule has 3 atom stereocenters. The van der Waals surface area contributed by atoms with E-state index < -0.39 is 59.2 Å². The molecule has 0 radical (unpaired) electrons. The smallest absolute Gasteiger partial charge is 0.408 e. The summed E-state index contributed by atoms with van der Waals surface area (Å²) in [6, 6.07) is 22.3. The highest BCUT2D eigenvalue weighted by molar-refractivity contribution is 5.94. The molecule has 48 heavy (non-hydrogen) atoms. The number of amides is 3. The number of ether oxygens (including phenoxy) is 2. The van der Waals surface area contributed by atoms with Crippen molar-refractivity contribution in [2.75, 3.05) is 0 Å². The Labute approximate surface area is 285 Å². The van der Waals surface area contributed by atoms with E-state index in [1.807, 2.05) is 99.6 Å². The van der Waals surface area contributed by atoms with Crippen LogP contribution in [-0.2, 0) is 36.7 Å². The molecular formula is C39H51N3O6. The Balaban J connectivity index is 2.08. The van der Waals surface area contributed by atoms with Gasteiger partial charge in [0.05, 0.1) is 0 Å². The molecule has 2 N–H and O–H groups in total. The minimum atomic E-state index is -1.14. The molecule has 0 bridgehead atoms. The van der Waals surface area contributed by atoms with E-state index in [9.17, 15) is 19.2 Å². The first-order valence-electron chi connectivity index (χ1n) is 16.4. The second-order valence-electron chi connectivity index (χ2n) is 14.3. The number of carbonyl (C=O) groups is 4. The van der Waals surface area contributed by atoms with Gasteiger partial charge in [-0.25, -0.2) is 9.59 Å². The third-order valence-corrected chi connectivity index (χ3v) is 7.26. The van der Waals surface area contributed by atoms with Gasteiger partial charge in [-0.3, -0.25) is 9.59 Å². The van der Waals surface area contributed by atoms with Crippen LogP contribution in [0.4, 0.5) is 4.79 Å². The molecule has 3 rings (SSSR count). The topological polar surface area (TPSA) is 114 Å². The number of nitrogens with one attached hydrogen (secondary N) is 2. The van der Waals surface area contributed by atoms with E-state index in [0.717, 1.165) is 16.7 Å². The van der Waals surface area contributed by atoms with Crippen molar-refractivity contribution in [3.63, 3.8) is 0 Å². The van der Waals surface area contributed by atoms with E-state index in [1.54, 1.807) is 47.6 Å². The zero-order chi connectivity index (χ0) is 35.6. The first-order chi connectivity index (χ1) is 22.4. The molecule has 9 nitrogen and oxygen atoms in total. The molecular weight excluding hydrogens is 606 g/mol. The Kier molecular flexibility index (Phi) is 12.9. The first kappa shape index (κ1) is 37.8. The van der Waals surface area contributed by atoms with E-state index in [-0.39, 0.29) is 12.8 Å². The zero-order valence-corrected chi connectivity index (χ0v) is 29.7. The van der Waals surface area contributed by atoms with Crippen LogP contribution < -0.4 is 10.6 Å². The van der Waals surface area contributed by atoms with Crippen molar-refractivity contribution >= 4 is 23.9 Å². The number of carbonyl (C=O) groups excluding carboxylic acids is 4. The van der Waals surface area contributed by atoms with Crippen LogP contribution in [0.25, 0.3) is 0 Å². The maximum absolute atomic E-state index is 14.7. The third-order valence-electron chi connectivity index (χ3n) is 7.26. The van der Waals surface area contributed by atoms with E-state index in [4.69, 9.17) is 9.47 Å². The number of rotatable bonds is 12. The number of nitrogens with zero attached hydrogens (tertiary/aromatic N) is 1. The highest BCUT2D eigenvalue weighted by atomic mass is 16.6. The van der Waals surface area contributed by atoms with Gasteiger partial charge in [-0.1, -0.05) is 90.5 Å². The minimum Gasteiger partial charge on any atom is -0.458 e. The highest BCUT2D eigenvalue weighted by Gasteiger charge is 2.39. The maximum atomic E-state index is 14.7. The largest absolute Gasteiger partial charge is 0.458 e. The predicted molar refractivity (Wildman–Crippen MR) is 187 cm³/mol. The van der Waals surface area contributed by atoms with E-state index in [0.29, 0.717) is 5.56 Å². The minimum absolute atomic E-state index is 0.166. The van der Waals surface area contributed by atoms with Crippen molar-refractivity contribution in [1.82, 2.24) is 15.5 Å². The van der Waals surface area contributed by atoms with Crippen molar-refractivity contribution in [2.45, 2.75) is 111 Å². The Morgan fingerprint density at radius 3 is 1.69 bits per heavy atom. The van der Waals surface area contributed by atoms with Gasteiger partial charge in [-0.05, 0) is 79.0 Å². The highest BCUT2D eigenvalue weighted by Crippen LogP contribution is 2.27. The number of esters is 1. The van der Waals surface area contributed by atoms with Crippen molar-refractivity contribution in [3.8, 4) is 0 Å². The van der Waals surface area contributed by atoms with Crippen LogP contribution in [0.5, 0.6) is 0 Å². The van der Waals surface area contributed by atoms with Crippen molar-refractivity contribution in [1.29, 1.82) is 0 Å². The lowest BCUT2D eigenvalue weighted by atomic mass is 9.97. The zero-order valence-electron chi connectivity index (χ0n) is 29.7. The lowest BCUT2D eigenvalue weighted by molar-refractivity contribution is -0.159. The van der Waals surface area contributed by atoms with Crippen molar-refractivity contribution < 1.29 is 28.7 Å². The van der Waals surface area contributed by atoms with Gasteiger partial charge in [0.1, 0.15) is 29.3 Å². The lowest BCUT2D eigenvalue weighted by Crippen LogP contribution is -2.57. The number of benzene rings is 3. The average Bonchev–Trinajstić information content (AvgIpc) is 2.97. The van der Waals surface area contributed by atoms with Crippen LogP contribution in [-0.4, -0.2) is 58.1 Å². The second-order valence-corrected chi connectivity index (χ2v) is 14.3. The quantitative estimate of drug-likeness (QED) is 0.216. The standard InChI is InChI=1S/C39H51N3O6/c1-26(2)42(35(44)31(24-28-18-12-10-13-19-28)41-37(46)48-39(7,8)9)33(30-22-16-17-27(3)23-30)34(43)40-32(36(45)47-38(4,5)6)25-29-20-14-11-15-21-29/h10-23,26,31-33H,24-25H2,1-9H3,(H,40,43)(H,41,46). The summed E-state index contributed by atoms with van der Waals surface area (Å²) in [5, 5.41) is 5.71. The monoisotopic (exact) mass is 657 g/mol. The van der Waals surface area contributed by atoms with Crippen LogP contribution in [0, 0.1) is 6.92 Å². The molecule has 9 heteroatoms. The Morgan fingerprint density at radius 1 is 0.688 bits per heavy atom. The van der Waals surface area contributed by atoms with E-state index >= 15 is 0 Å². The summed E-state index contributed by atoms with van der Waals surface area (Å²) in [4.78, 5) is 57.3. The van der Waals surface area contributed by atoms with Crippen LogP contribution in [0.15, 0.2) is 84.9 Å². The molecule has 0 saturated heterocycles. The van der Waals surface area contributed by atoms with Crippen molar-refractivity contribution in [3.05, 3.63) is 107 Å². The molecule has 0 spiro atoms. The summed E-state index contributed by atoms with van der Waals surface area (Å²) in [6.45, 7) is 16.1. The van der Waals surface area contributed by atoms with Gasteiger partial charge in [0, 0.05) is 18.9 Å². The molecule has 0 aliphatic carbocycles. The van der Waals surface area contributed by atoms with E-state index in [1.165, 1.54) is 4.90 Å². The summed E-state index contributed by atoms with van der Waals surface area (Å²) in [5.41, 5.74) is 1.53. The Bertz CT molecular complexity index is 1530. The normalized spacial score (nSPS) is 13.5. The molecule has 0 saturated carbocycles. The average molecular weight is 658 g/mol. The SMILES string of the molecule is Cc1cccc(C(C(=O)NC(Cc2ccccc2)C(=O)OC(C)(C)C)N(C(=O)C(Cc2ccccc2)NC(=O)OC(C)(C)C)C(C)C)c1. The fourth-order valence-electron chi connectivity index (χ4n) is 5.30. The molecule has 0 heterocycles. The van der Waals surface area contributed by atoms with Gasteiger partial charge in [0.2, 0.25) is 11.8 Å². The maximum Gasteiger partial charge on any atom is 0.408 e. The molecule has 0 aliphatic rings. The summed E-state index contributed by atoms with van der Waals surface area (Å²) in [5.74, 6) is -1.61. The van der Waals surface area contributed by atoms with Crippen LogP contribution in [0.1, 0.15) is 83.7 Å². The molecule has 3 aromatic carbocycles. The second kappa shape index (κ2) is 16.4. The predicted octanol–water partition coefficient (Wildman–Crippen LogP) is 6.48. The van der Waals surface area contributed by atoms with Crippen LogP contribution in [0.3, 0.4) is 0 Å². The first-order valence-corrected chi connectivity index (χ1v) is 16.4. The molecule has 3 unspecified atom stereocenters. The molecule has 0 aromatic heterocycles. The fraction of sp³-hybridized carbons (Fsp3) is 0.436. The van der Waals surface area contributed by atoms with Crippen LogP contribution in [0.2, 0.25) is 0 Å².